The predicted molar refractivity (Wildman–Crippen MR) is 103 cm³/mol. The third kappa shape index (κ3) is 3.85. The largest absolute Gasteiger partial charge is 0.378 e. The molecule has 2 atom stereocenters. The molecule has 144 valence electrons. The first-order valence-corrected chi connectivity index (χ1v) is 8.56. The molecule has 0 radical (unpaired) electrons. The molecule has 2 aliphatic rings. The van der Waals surface area contributed by atoms with Gasteiger partial charge in [-0.15, -0.1) is 24.8 Å². The van der Waals surface area contributed by atoms with E-state index in [0.29, 0.717) is 19.6 Å². The molecule has 2 aliphatic carbocycles. The Morgan fingerprint density at radius 3 is 2.21 bits per heavy atom. The number of amides is 1. The Morgan fingerprint density at radius 2 is 1.79 bits per heavy atom. The molecule has 5 nitrogen and oxygen atoms in total. The van der Waals surface area contributed by atoms with Gasteiger partial charge < -0.3 is 20.7 Å². The van der Waals surface area contributed by atoms with Gasteiger partial charge in [-0.05, 0) is 33.9 Å². The molecule has 0 aromatic heterocycles. The molecule has 0 aromatic rings. The average Bonchev–Trinajstić information content (AvgIpc) is 2.94. The van der Waals surface area contributed by atoms with E-state index in [1.54, 1.807) is 0 Å². The minimum absolute atomic E-state index is 0. The van der Waals surface area contributed by atoms with Gasteiger partial charge in [-0.3, -0.25) is 4.79 Å². The first kappa shape index (κ1) is 23.9. The van der Waals surface area contributed by atoms with E-state index in [0.717, 1.165) is 12.8 Å². The summed E-state index contributed by atoms with van der Waals surface area (Å²) in [7, 11) is 4.21. The first-order valence-electron chi connectivity index (χ1n) is 8.56. The lowest BCUT2D eigenvalue weighted by Gasteiger charge is -2.57. The van der Waals surface area contributed by atoms with E-state index < -0.39 is 5.54 Å². The highest BCUT2D eigenvalue weighted by atomic mass is 35.5. The Labute approximate surface area is 159 Å². The molecule has 0 spiro atoms. The zero-order valence-corrected chi connectivity index (χ0v) is 17.3. The maximum Gasteiger partial charge on any atom is 0.240 e. The minimum Gasteiger partial charge on any atom is -0.378 e. The van der Waals surface area contributed by atoms with Gasteiger partial charge in [0, 0.05) is 30.5 Å². The van der Waals surface area contributed by atoms with E-state index in [9.17, 15) is 4.79 Å². The lowest BCUT2D eigenvalue weighted by Crippen LogP contribution is -2.76. The summed E-state index contributed by atoms with van der Waals surface area (Å²) < 4.78 is 5.71. The van der Waals surface area contributed by atoms with Crippen molar-refractivity contribution in [2.75, 3.05) is 27.2 Å². The number of likely N-dealkylation sites (N-methyl/N-ethyl adjacent to an activating group) is 1. The van der Waals surface area contributed by atoms with Crippen molar-refractivity contribution in [3.63, 3.8) is 0 Å². The van der Waals surface area contributed by atoms with Crippen LogP contribution in [0.2, 0.25) is 0 Å². The van der Waals surface area contributed by atoms with Crippen molar-refractivity contribution in [3.8, 4) is 0 Å². The van der Waals surface area contributed by atoms with Crippen LogP contribution in [0.5, 0.6) is 0 Å². The van der Waals surface area contributed by atoms with E-state index in [2.05, 4.69) is 24.3 Å². The molecule has 1 amide bonds. The van der Waals surface area contributed by atoms with Gasteiger partial charge in [0.25, 0.3) is 0 Å². The van der Waals surface area contributed by atoms with E-state index >= 15 is 0 Å². The quantitative estimate of drug-likeness (QED) is 0.738. The fraction of sp³-hybridized carbons (Fsp3) is 0.941. The maximum absolute atomic E-state index is 12.7. The summed E-state index contributed by atoms with van der Waals surface area (Å²) in [6.07, 6.45) is 5.43. The highest BCUT2D eigenvalue weighted by Crippen LogP contribution is 2.50. The average molecular weight is 384 g/mol. The van der Waals surface area contributed by atoms with Crippen molar-refractivity contribution < 1.29 is 9.53 Å². The van der Waals surface area contributed by atoms with Gasteiger partial charge in [0.15, 0.2) is 0 Å². The fourth-order valence-corrected chi connectivity index (χ4v) is 4.04. The van der Waals surface area contributed by atoms with E-state index in [-0.39, 0.29) is 47.8 Å². The monoisotopic (exact) mass is 383 g/mol. The second-order valence-electron chi connectivity index (χ2n) is 7.85. The molecule has 0 aliphatic heterocycles. The van der Waals surface area contributed by atoms with E-state index in [1.165, 1.54) is 12.8 Å². The van der Waals surface area contributed by atoms with Gasteiger partial charge in [0.05, 0.1) is 6.10 Å². The Kier molecular flexibility index (Phi) is 8.52. The molecule has 3 N–H and O–H groups in total. The third-order valence-electron chi connectivity index (χ3n) is 6.30. The van der Waals surface area contributed by atoms with Crippen molar-refractivity contribution in [2.24, 2.45) is 11.1 Å². The van der Waals surface area contributed by atoms with Gasteiger partial charge in [-0.1, -0.05) is 26.7 Å². The second kappa shape index (κ2) is 8.54. The number of nitrogens with one attached hydrogen (secondary N) is 1. The number of nitrogens with two attached hydrogens (primary N) is 1. The van der Waals surface area contributed by atoms with Crippen LogP contribution in [0, 0.1) is 5.41 Å². The van der Waals surface area contributed by atoms with Crippen molar-refractivity contribution >= 4 is 30.7 Å². The summed E-state index contributed by atoms with van der Waals surface area (Å²) in [6.45, 7) is 7.40. The topological polar surface area (TPSA) is 67.6 Å². The standard InChI is InChI=1S/C17H33N3O2.2ClH/c1-6-22-13-11-17(18,15(13,2)3)14(21)19-12-16(20(4)5)9-7-8-10-16;;/h13H,6-12,18H2,1-5H3,(H,19,21);2*1H. The van der Waals surface area contributed by atoms with E-state index in [1.807, 2.05) is 20.8 Å². The van der Waals surface area contributed by atoms with Crippen LogP contribution in [0.25, 0.3) is 0 Å². The molecule has 2 unspecified atom stereocenters. The van der Waals surface area contributed by atoms with Crippen LogP contribution in [-0.4, -0.2) is 55.2 Å². The summed E-state index contributed by atoms with van der Waals surface area (Å²) >= 11 is 0. The lowest BCUT2D eigenvalue weighted by atomic mass is 9.54. The van der Waals surface area contributed by atoms with Crippen molar-refractivity contribution in [2.45, 2.75) is 70.1 Å². The molecule has 0 saturated heterocycles. The number of ether oxygens (including phenoxy) is 1. The van der Waals surface area contributed by atoms with Gasteiger partial charge in [0.1, 0.15) is 5.54 Å². The maximum atomic E-state index is 12.7. The summed E-state index contributed by atoms with van der Waals surface area (Å²) in [5.74, 6) is -0.0263. The second-order valence-corrected chi connectivity index (χ2v) is 7.85. The molecule has 0 aromatic carbocycles. The van der Waals surface area contributed by atoms with Crippen LogP contribution in [0.4, 0.5) is 0 Å². The highest BCUT2D eigenvalue weighted by molar-refractivity contribution is 5.88. The number of hydrogen-bond donors (Lipinski definition) is 2. The third-order valence-corrected chi connectivity index (χ3v) is 6.30. The zero-order valence-electron chi connectivity index (χ0n) is 15.7. The number of carbonyl (C=O) groups excluding carboxylic acids is 1. The van der Waals surface area contributed by atoms with Gasteiger partial charge in [-0.25, -0.2) is 0 Å². The Bertz CT molecular complexity index is 426. The molecule has 24 heavy (non-hydrogen) atoms. The fourth-order valence-electron chi connectivity index (χ4n) is 4.04. The Hall–Kier alpha value is -0.0700. The lowest BCUT2D eigenvalue weighted by molar-refractivity contribution is -0.171. The number of halogens is 2. The van der Waals surface area contributed by atoms with Crippen LogP contribution in [0.1, 0.15) is 52.9 Å². The molecular formula is C17H35Cl2N3O2. The van der Waals surface area contributed by atoms with Crippen LogP contribution in [0.15, 0.2) is 0 Å². The summed E-state index contributed by atoms with van der Waals surface area (Å²) in [5, 5.41) is 3.15. The van der Waals surface area contributed by atoms with Crippen molar-refractivity contribution in [1.82, 2.24) is 10.2 Å². The summed E-state index contributed by atoms with van der Waals surface area (Å²) in [6, 6.07) is 0. The van der Waals surface area contributed by atoms with Crippen LogP contribution >= 0.6 is 24.8 Å². The highest BCUT2D eigenvalue weighted by Gasteiger charge is 2.63. The predicted octanol–water partition coefficient (Wildman–Crippen LogP) is 2.35. The first-order chi connectivity index (χ1) is 10.2. The zero-order chi connectivity index (χ0) is 16.6. The van der Waals surface area contributed by atoms with Gasteiger partial charge >= 0.3 is 0 Å². The Morgan fingerprint density at radius 1 is 1.25 bits per heavy atom. The number of nitrogens with zero attached hydrogens (tertiary/aromatic N) is 1. The number of rotatable bonds is 6. The van der Waals surface area contributed by atoms with Crippen LogP contribution < -0.4 is 11.1 Å². The van der Waals surface area contributed by atoms with Gasteiger partial charge in [0.2, 0.25) is 5.91 Å². The van der Waals surface area contributed by atoms with Crippen molar-refractivity contribution in [3.05, 3.63) is 0 Å². The summed E-state index contributed by atoms with van der Waals surface area (Å²) in [5.41, 5.74) is 5.39. The number of hydrogen-bond acceptors (Lipinski definition) is 4. The molecule has 2 rings (SSSR count). The van der Waals surface area contributed by atoms with E-state index in [4.69, 9.17) is 10.5 Å². The van der Waals surface area contributed by atoms with Crippen LogP contribution in [-0.2, 0) is 9.53 Å². The molecule has 2 fully saturated rings. The Balaban J connectivity index is 0.00000264. The van der Waals surface area contributed by atoms with Crippen LogP contribution in [0.3, 0.4) is 0 Å². The minimum atomic E-state index is -0.820. The normalized spacial score (nSPS) is 30.0. The van der Waals surface area contributed by atoms with Crippen molar-refractivity contribution in [1.29, 1.82) is 0 Å². The number of carbonyl (C=O) groups is 1. The van der Waals surface area contributed by atoms with Gasteiger partial charge in [-0.2, -0.15) is 0 Å². The molecule has 0 bridgehead atoms. The molecule has 2 saturated carbocycles. The molecule has 7 heteroatoms. The smallest absolute Gasteiger partial charge is 0.240 e. The molecular weight excluding hydrogens is 349 g/mol. The summed E-state index contributed by atoms with van der Waals surface area (Å²) in [4.78, 5) is 15.0. The SMILES string of the molecule is CCOC1CC(N)(C(=O)NCC2(N(C)C)CCCC2)C1(C)C.Cl.Cl. The molecule has 0 heterocycles.